The number of phenolic OH excluding ortho intramolecular Hbond substituents is 1. The lowest BCUT2D eigenvalue weighted by molar-refractivity contribution is 0.474. The van der Waals surface area contributed by atoms with Crippen molar-refractivity contribution in [1.29, 1.82) is 0 Å². The number of phenols is 1. The molecule has 1 aliphatic rings. The van der Waals surface area contributed by atoms with Crippen LogP contribution in [-0.2, 0) is 0 Å². The average Bonchev–Trinajstić information content (AvgIpc) is 2.47. The molecule has 1 atom stereocenters. The summed E-state index contributed by atoms with van der Waals surface area (Å²) in [5.74, 6) is 2.72. The summed E-state index contributed by atoms with van der Waals surface area (Å²) in [5.41, 5.74) is 1.28. The molecule has 76 valence electrons. The van der Waals surface area contributed by atoms with Crippen LogP contribution in [0.15, 0.2) is 24.3 Å². The number of hydrogen-bond donors (Lipinski definition) is 2. The SMILES string of the molecule is Oc1ccc(C2CSCCCN2)cc1. The Morgan fingerprint density at radius 2 is 2.07 bits per heavy atom. The van der Waals surface area contributed by atoms with Crippen molar-refractivity contribution < 1.29 is 5.11 Å². The smallest absolute Gasteiger partial charge is 0.115 e. The topological polar surface area (TPSA) is 32.3 Å². The van der Waals surface area contributed by atoms with Crippen molar-refractivity contribution >= 4 is 11.8 Å². The van der Waals surface area contributed by atoms with Crippen LogP contribution in [0.1, 0.15) is 18.0 Å². The Bertz CT molecular complexity index is 278. The van der Waals surface area contributed by atoms with Gasteiger partial charge in [-0.1, -0.05) is 12.1 Å². The minimum absolute atomic E-state index is 0.343. The standard InChI is InChI=1S/C11H15NOS/c13-10-4-2-9(3-5-10)11-8-14-7-1-6-12-11/h2-5,11-13H,1,6-8H2. The molecule has 1 heterocycles. The molecule has 0 radical (unpaired) electrons. The van der Waals surface area contributed by atoms with E-state index in [1.54, 1.807) is 12.1 Å². The van der Waals surface area contributed by atoms with E-state index in [0.717, 1.165) is 12.3 Å². The van der Waals surface area contributed by atoms with E-state index in [1.165, 1.54) is 17.7 Å². The monoisotopic (exact) mass is 209 g/mol. The summed E-state index contributed by atoms with van der Waals surface area (Å²) in [4.78, 5) is 0. The van der Waals surface area contributed by atoms with Crippen molar-refractivity contribution in [3.8, 4) is 5.75 Å². The van der Waals surface area contributed by atoms with Gasteiger partial charge in [-0.2, -0.15) is 11.8 Å². The molecule has 2 N–H and O–H groups in total. The maximum Gasteiger partial charge on any atom is 0.115 e. The van der Waals surface area contributed by atoms with E-state index in [9.17, 15) is 5.11 Å². The van der Waals surface area contributed by atoms with Crippen molar-refractivity contribution in [3.63, 3.8) is 0 Å². The zero-order valence-electron chi connectivity index (χ0n) is 8.07. The van der Waals surface area contributed by atoms with Crippen LogP contribution >= 0.6 is 11.8 Å². The molecular formula is C11H15NOS. The van der Waals surface area contributed by atoms with Crippen molar-refractivity contribution in [3.05, 3.63) is 29.8 Å². The third kappa shape index (κ3) is 2.42. The number of nitrogens with one attached hydrogen (secondary N) is 1. The highest BCUT2D eigenvalue weighted by molar-refractivity contribution is 7.99. The van der Waals surface area contributed by atoms with Crippen molar-refractivity contribution in [1.82, 2.24) is 5.32 Å². The van der Waals surface area contributed by atoms with Gasteiger partial charge in [-0.15, -0.1) is 0 Å². The van der Waals surface area contributed by atoms with Gasteiger partial charge in [0.05, 0.1) is 0 Å². The fraction of sp³-hybridized carbons (Fsp3) is 0.455. The van der Waals surface area contributed by atoms with E-state index < -0.39 is 0 Å². The Morgan fingerprint density at radius 1 is 1.29 bits per heavy atom. The molecular weight excluding hydrogens is 194 g/mol. The predicted octanol–water partition coefficient (Wildman–Crippen LogP) is 2.16. The van der Waals surface area contributed by atoms with E-state index in [0.29, 0.717) is 11.8 Å². The molecule has 2 nitrogen and oxygen atoms in total. The van der Waals surface area contributed by atoms with Gasteiger partial charge in [0.15, 0.2) is 0 Å². The molecule has 0 bridgehead atoms. The highest BCUT2D eigenvalue weighted by Gasteiger charge is 2.13. The summed E-state index contributed by atoms with van der Waals surface area (Å²) >= 11 is 2.00. The molecule has 1 aromatic carbocycles. The molecule has 1 saturated heterocycles. The molecule has 1 aromatic rings. The van der Waals surface area contributed by atoms with Crippen LogP contribution in [0, 0.1) is 0 Å². The predicted molar refractivity (Wildman–Crippen MR) is 60.8 cm³/mol. The van der Waals surface area contributed by atoms with Crippen LogP contribution < -0.4 is 5.32 Å². The van der Waals surface area contributed by atoms with Gasteiger partial charge in [0.25, 0.3) is 0 Å². The van der Waals surface area contributed by atoms with Crippen molar-refractivity contribution in [2.75, 3.05) is 18.1 Å². The summed E-state index contributed by atoms with van der Waals surface area (Å²) in [6.45, 7) is 1.10. The molecule has 14 heavy (non-hydrogen) atoms. The first-order valence-electron chi connectivity index (χ1n) is 4.96. The average molecular weight is 209 g/mol. The Hall–Kier alpha value is -0.670. The van der Waals surface area contributed by atoms with E-state index in [2.05, 4.69) is 5.32 Å². The molecule has 1 unspecified atom stereocenters. The summed E-state index contributed by atoms with van der Waals surface area (Å²) < 4.78 is 0. The van der Waals surface area contributed by atoms with Crippen LogP contribution in [0.4, 0.5) is 0 Å². The zero-order valence-corrected chi connectivity index (χ0v) is 8.89. The first kappa shape index (κ1) is 9.87. The second-order valence-corrected chi connectivity index (χ2v) is 4.68. The van der Waals surface area contributed by atoms with E-state index in [-0.39, 0.29) is 0 Å². The lowest BCUT2D eigenvalue weighted by atomic mass is 10.1. The number of thioether (sulfide) groups is 1. The second kappa shape index (κ2) is 4.71. The van der Waals surface area contributed by atoms with Gasteiger partial charge in [-0.05, 0) is 36.4 Å². The Labute approximate surface area is 88.7 Å². The van der Waals surface area contributed by atoms with Crippen LogP contribution in [0.5, 0.6) is 5.75 Å². The number of rotatable bonds is 1. The summed E-state index contributed by atoms with van der Waals surface area (Å²) in [6, 6.07) is 7.96. The molecule has 0 aliphatic carbocycles. The fourth-order valence-corrected chi connectivity index (χ4v) is 2.69. The molecule has 1 fully saturated rings. The fourth-order valence-electron chi connectivity index (χ4n) is 1.63. The van der Waals surface area contributed by atoms with Gasteiger partial charge in [0.1, 0.15) is 5.75 Å². The Kier molecular flexibility index (Phi) is 3.32. The van der Waals surface area contributed by atoms with Crippen LogP contribution in [0.2, 0.25) is 0 Å². The van der Waals surface area contributed by atoms with Gasteiger partial charge < -0.3 is 10.4 Å². The van der Waals surface area contributed by atoms with E-state index in [4.69, 9.17) is 0 Å². The first-order valence-corrected chi connectivity index (χ1v) is 6.12. The van der Waals surface area contributed by atoms with Crippen LogP contribution in [0.25, 0.3) is 0 Å². The van der Waals surface area contributed by atoms with Gasteiger partial charge in [0.2, 0.25) is 0 Å². The van der Waals surface area contributed by atoms with Crippen molar-refractivity contribution in [2.24, 2.45) is 0 Å². The van der Waals surface area contributed by atoms with Gasteiger partial charge >= 0.3 is 0 Å². The molecule has 0 aromatic heterocycles. The minimum Gasteiger partial charge on any atom is -0.508 e. The number of benzene rings is 1. The quantitative estimate of drug-likeness (QED) is 0.743. The highest BCUT2D eigenvalue weighted by Crippen LogP contribution is 2.22. The summed E-state index contributed by atoms with van der Waals surface area (Å²) in [6.07, 6.45) is 1.25. The molecule has 0 saturated carbocycles. The van der Waals surface area contributed by atoms with E-state index in [1.807, 2.05) is 23.9 Å². The van der Waals surface area contributed by atoms with E-state index >= 15 is 0 Å². The van der Waals surface area contributed by atoms with Gasteiger partial charge in [0, 0.05) is 11.8 Å². The second-order valence-electron chi connectivity index (χ2n) is 3.53. The molecule has 1 aliphatic heterocycles. The van der Waals surface area contributed by atoms with Gasteiger partial charge in [-0.3, -0.25) is 0 Å². The van der Waals surface area contributed by atoms with Crippen LogP contribution in [-0.4, -0.2) is 23.2 Å². The molecule has 0 spiro atoms. The third-order valence-corrected chi connectivity index (χ3v) is 3.58. The highest BCUT2D eigenvalue weighted by atomic mass is 32.2. The lowest BCUT2D eigenvalue weighted by Gasteiger charge is -2.15. The van der Waals surface area contributed by atoms with Gasteiger partial charge in [-0.25, -0.2) is 0 Å². The molecule has 0 amide bonds. The summed E-state index contributed by atoms with van der Waals surface area (Å²) in [7, 11) is 0. The molecule has 3 heteroatoms. The van der Waals surface area contributed by atoms with Crippen molar-refractivity contribution in [2.45, 2.75) is 12.5 Å². The largest absolute Gasteiger partial charge is 0.508 e. The Balaban J connectivity index is 2.08. The maximum absolute atomic E-state index is 9.18. The molecule has 2 rings (SSSR count). The zero-order chi connectivity index (χ0) is 9.80. The normalized spacial score (nSPS) is 23.0. The number of aromatic hydroxyl groups is 1. The number of hydrogen-bond acceptors (Lipinski definition) is 3. The minimum atomic E-state index is 0.343. The maximum atomic E-state index is 9.18. The first-order chi connectivity index (χ1) is 6.86. The third-order valence-electron chi connectivity index (χ3n) is 2.44. The summed E-state index contributed by atoms with van der Waals surface area (Å²) in [5, 5.41) is 12.7. The Morgan fingerprint density at radius 3 is 2.86 bits per heavy atom. The lowest BCUT2D eigenvalue weighted by Crippen LogP contribution is -2.22. The van der Waals surface area contributed by atoms with Crippen LogP contribution in [0.3, 0.4) is 0 Å².